The molecule has 0 spiro atoms. The predicted octanol–water partition coefficient (Wildman–Crippen LogP) is 3.16. The van der Waals surface area contributed by atoms with Crippen molar-refractivity contribution in [2.45, 2.75) is 13.1 Å². The van der Waals surface area contributed by atoms with Crippen molar-refractivity contribution in [1.82, 2.24) is 10.3 Å². The first-order valence-electron chi connectivity index (χ1n) is 10.2. The molecule has 0 saturated carbocycles. The zero-order valence-electron chi connectivity index (χ0n) is 18.3. The highest BCUT2D eigenvalue weighted by Crippen LogP contribution is 2.27. The zero-order chi connectivity index (χ0) is 22.6. The molecule has 0 bridgehead atoms. The Morgan fingerprint density at radius 1 is 0.906 bits per heavy atom. The third kappa shape index (κ3) is 7.09. The Balaban J connectivity index is 1.40. The summed E-state index contributed by atoms with van der Waals surface area (Å²) in [6, 6.07) is 19.0. The molecule has 168 valence electrons. The van der Waals surface area contributed by atoms with Crippen molar-refractivity contribution in [3.63, 3.8) is 0 Å². The first-order valence-corrected chi connectivity index (χ1v) is 10.2. The summed E-state index contributed by atoms with van der Waals surface area (Å²) in [6.45, 7) is 1.79. The van der Waals surface area contributed by atoms with Crippen molar-refractivity contribution in [2.24, 2.45) is 10.7 Å². The number of pyridine rings is 1. The molecule has 0 aliphatic heterocycles. The van der Waals surface area contributed by atoms with Crippen molar-refractivity contribution in [3.8, 4) is 23.1 Å². The number of hydrogen-bond acceptors (Lipinski definition) is 6. The molecule has 0 atom stereocenters. The van der Waals surface area contributed by atoms with Crippen molar-refractivity contribution in [1.29, 1.82) is 0 Å². The average molecular weight is 437 g/mol. The topological polar surface area (TPSA) is 100 Å². The van der Waals surface area contributed by atoms with Gasteiger partial charge in [0, 0.05) is 18.8 Å². The molecule has 32 heavy (non-hydrogen) atoms. The van der Waals surface area contributed by atoms with Gasteiger partial charge >= 0.3 is 0 Å². The normalized spacial score (nSPS) is 11.0. The number of nitrogens with two attached hydrogens (primary N) is 1. The molecule has 0 radical (unpaired) electrons. The van der Waals surface area contributed by atoms with Crippen molar-refractivity contribution >= 4 is 5.96 Å². The van der Waals surface area contributed by atoms with Gasteiger partial charge in [0.05, 0.1) is 20.8 Å². The van der Waals surface area contributed by atoms with Crippen LogP contribution in [0.4, 0.5) is 0 Å². The fraction of sp³-hybridized carbons (Fsp3) is 0.250. The van der Waals surface area contributed by atoms with Gasteiger partial charge in [-0.25, -0.2) is 9.98 Å². The van der Waals surface area contributed by atoms with Crippen LogP contribution in [0.1, 0.15) is 11.1 Å². The van der Waals surface area contributed by atoms with Crippen LogP contribution in [0, 0.1) is 0 Å². The van der Waals surface area contributed by atoms with Gasteiger partial charge in [-0.15, -0.1) is 0 Å². The standard InChI is InChI=1S/C24H28N4O4/c1-29-21-10-8-18(14-22(21)30-2)15-27-24(25)28-17-19-9-11-23(26-16-19)32-13-12-31-20-6-4-3-5-7-20/h3-11,14,16H,12-13,15,17H2,1-2H3,(H3,25,27,28). The number of rotatable bonds is 11. The number of methoxy groups -OCH3 is 2. The van der Waals surface area contributed by atoms with Crippen molar-refractivity contribution < 1.29 is 18.9 Å². The van der Waals surface area contributed by atoms with Gasteiger partial charge in [-0.1, -0.05) is 30.3 Å². The van der Waals surface area contributed by atoms with E-state index in [-0.39, 0.29) is 0 Å². The Hall–Kier alpha value is -3.94. The maximum absolute atomic E-state index is 5.98. The highest BCUT2D eigenvalue weighted by atomic mass is 16.5. The van der Waals surface area contributed by atoms with E-state index >= 15 is 0 Å². The fourth-order valence-electron chi connectivity index (χ4n) is 2.83. The molecule has 3 N–H and O–H groups in total. The number of benzene rings is 2. The minimum Gasteiger partial charge on any atom is -0.493 e. The highest BCUT2D eigenvalue weighted by Gasteiger charge is 2.05. The van der Waals surface area contributed by atoms with Crippen LogP contribution in [-0.2, 0) is 13.1 Å². The van der Waals surface area contributed by atoms with Crippen LogP contribution in [0.25, 0.3) is 0 Å². The molecule has 0 aliphatic carbocycles. The lowest BCUT2D eigenvalue weighted by molar-refractivity contribution is 0.212. The number of nitrogens with one attached hydrogen (secondary N) is 1. The third-order valence-electron chi connectivity index (χ3n) is 4.50. The molecule has 0 unspecified atom stereocenters. The predicted molar refractivity (Wildman–Crippen MR) is 123 cm³/mol. The van der Waals surface area contributed by atoms with E-state index in [1.807, 2.05) is 54.6 Å². The van der Waals surface area contributed by atoms with Gasteiger partial charge in [0.25, 0.3) is 0 Å². The SMILES string of the molecule is COc1ccc(CNC(N)=NCc2ccc(OCCOc3ccccc3)nc2)cc1OC. The molecule has 0 saturated heterocycles. The molecule has 0 fully saturated rings. The van der Waals surface area contributed by atoms with Gasteiger partial charge in [0.1, 0.15) is 19.0 Å². The summed E-state index contributed by atoms with van der Waals surface area (Å²) in [5, 5.41) is 3.09. The number of aromatic nitrogens is 1. The number of guanidine groups is 1. The number of aliphatic imine (C=N–C) groups is 1. The lowest BCUT2D eigenvalue weighted by atomic mass is 10.2. The van der Waals surface area contributed by atoms with Crippen LogP contribution in [-0.4, -0.2) is 38.4 Å². The second kappa shape index (κ2) is 12.0. The van der Waals surface area contributed by atoms with E-state index in [0.29, 0.717) is 49.6 Å². The van der Waals surface area contributed by atoms with E-state index in [2.05, 4.69) is 15.3 Å². The van der Waals surface area contributed by atoms with Crippen LogP contribution >= 0.6 is 0 Å². The summed E-state index contributed by atoms with van der Waals surface area (Å²) >= 11 is 0. The largest absolute Gasteiger partial charge is 0.493 e. The van der Waals surface area contributed by atoms with E-state index in [4.69, 9.17) is 24.7 Å². The van der Waals surface area contributed by atoms with Gasteiger partial charge < -0.3 is 30.0 Å². The molecular weight excluding hydrogens is 408 g/mol. The second-order valence-electron chi connectivity index (χ2n) is 6.76. The van der Waals surface area contributed by atoms with Crippen LogP contribution < -0.4 is 30.0 Å². The summed E-state index contributed by atoms with van der Waals surface area (Å²) in [5.74, 6) is 3.05. The molecule has 0 amide bonds. The summed E-state index contributed by atoms with van der Waals surface area (Å²) in [7, 11) is 3.21. The van der Waals surface area contributed by atoms with E-state index in [1.165, 1.54) is 0 Å². The highest BCUT2D eigenvalue weighted by molar-refractivity contribution is 5.77. The van der Waals surface area contributed by atoms with E-state index in [9.17, 15) is 0 Å². The second-order valence-corrected chi connectivity index (χ2v) is 6.76. The molecule has 1 heterocycles. The first kappa shape index (κ1) is 22.7. The molecule has 1 aromatic heterocycles. The molecule has 8 nitrogen and oxygen atoms in total. The Morgan fingerprint density at radius 2 is 1.66 bits per heavy atom. The van der Waals surface area contributed by atoms with E-state index < -0.39 is 0 Å². The van der Waals surface area contributed by atoms with Gasteiger partial charge in [0.2, 0.25) is 5.88 Å². The molecule has 0 aliphatic rings. The van der Waals surface area contributed by atoms with E-state index in [0.717, 1.165) is 16.9 Å². The Bertz CT molecular complexity index is 995. The Morgan fingerprint density at radius 3 is 2.38 bits per heavy atom. The summed E-state index contributed by atoms with van der Waals surface area (Å²) in [4.78, 5) is 8.65. The summed E-state index contributed by atoms with van der Waals surface area (Å²) in [6.07, 6.45) is 1.72. The lowest BCUT2D eigenvalue weighted by Gasteiger charge is -2.10. The zero-order valence-corrected chi connectivity index (χ0v) is 18.3. The number of hydrogen-bond donors (Lipinski definition) is 2. The van der Waals surface area contributed by atoms with Crippen LogP contribution in [0.15, 0.2) is 71.9 Å². The van der Waals surface area contributed by atoms with Crippen LogP contribution in [0.3, 0.4) is 0 Å². The quantitative estimate of drug-likeness (QED) is 0.271. The van der Waals surface area contributed by atoms with Gasteiger partial charge in [-0.2, -0.15) is 0 Å². The van der Waals surface area contributed by atoms with Crippen LogP contribution in [0.2, 0.25) is 0 Å². The molecular formula is C24H28N4O4. The minimum absolute atomic E-state index is 0.346. The van der Waals surface area contributed by atoms with Gasteiger partial charge in [0.15, 0.2) is 17.5 Å². The van der Waals surface area contributed by atoms with E-state index in [1.54, 1.807) is 26.5 Å². The number of nitrogens with zero attached hydrogens (tertiary/aromatic N) is 2. The number of ether oxygens (including phenoxy) is 4. The maximum Gasteiger partial charge on any atom is 0.213 e. The fourth-order valence-corrected chi connectivity index (χ4v) is 2.83. The first-order chi connectivity index (χ1) is 15.7. The molecule has 3 aromatic rings. The number of para-hydroxylation sites is 1. The Kier molecular flexibility index (Phi) is 8.56. The molecule has 3 rings (SSSR count). The molecule has 2 aromatic carbocycles. The Labute approximate surface area is 188 Å². The third-order valence-corrected chi connectivity index (χ3v) is 4.50. The van der Waals surface area contributed by atoms with Gasteiger partial charge in [-0.3, -0.25) is 0 Å². The maximum atomic E-state index is 5.98. The summed E-state index contributed by atoms with van der Waals surface area (Å²) < 4.78 is 21.7. The summed E-state index contributed by atoms with van der Waals surface area (Å²) in [5.41, 5.74) is 7.90. The molecule has 8 heteroatoms. The monoisotopic (exact) mass is 436 g/mol. The van der Waals surface area contributed by atoms with Crippen LogP contribution in [0.5, 0.6) is 23.1 Å². The smallest absolute Gasteiger partial charge is 0.213 e. The van der Waals surface area contributed by atoms with Crippen molar-refractivity contribution in [3.05, 3.63) is 78.0 Å². The average Bonchev–Trinajstić information content (AvgIpc) is 2.85. The van der Waals surface area contributed by atoms with Crippen molar-refractivity contribution in [2.75, 3.05) is 27.4 Å². The minimum atomic E-state index is 0.346. The van der Waals surface area contributed by atoms with Gasteiger partial charge in [-0.05, 0) is 35.4 Å². The lowest BCUT2D eigenvalue weighted by Crippen LogP contribution is -2.31.